The Hall–Kier alpha value is -4.14. The van der Waals surface area contributed by atoms with Gasteiger partial charge in [0.2, 0.25) is 0 Å². The van der Waals surface area contributed by atoms with E-state index in [1.807, 2.05) is 36.4 Å². The Morgan fingerprint density at radius 3 is 2.07 bits per heavy atom. The van der Waals surface area contributed by atoms with Crippen LogP contribution in [0.5, 0.6) is 0 Å². The zero-order valence-corrected chi connectivity index (χ0v) is 25.3. The van der Waals surface area contributed by atoms with Crippen molar-refractivity contribution in [2.75, 3.05) is 19.6 Å². The van der Waals surface area contributed by atoms with Crippen molar-refractivity contribution in [1.29, 1.82) is 0 Å². The van der Waals surface area contributed by atoms with Gasteiger partial charge in [0, 0.05) is 18.5 Å². The molecule has 7 heteroatoms. The van der Waals surface area contributed by atoms with Crippen LogP contribution >= 0.6 is 0 Å². The minimum atomic E-state index is -0.495. The van der Waals surface area contributed by atoms with Crippen LogP contribution in [0.25, 0.3) is 11.1 Å². The first-order valence-corrected chi connectivity index (χ1v) is 15.9. The van der Waals surface area contributed by atoms with E-state index < -0.39 is 6.29 Å². The van der Waals surface area contributed by atoms with Crippen molar-refractivity contribution in [3.05, 3.63) is 130 Å². The van der Waals surface area contributed by atoms with Gasteiger partial charge < -0.3 is 19.5 Å². The number of imide groups is 1. The van der Waals surface area contributed by atoms with Crippen LogP contribution < -0.4 is 0 Å². The molecular weight excluding hydrogens is 564 g/mol. The molecule has 2 saturated heterocycles. The molecular formula is C38H38N2O5. The Morgan fingerprint density at radius 1 is 0.689 bits per heavy atom. The summed E-state index contributed by atoms with van der Waals surface area (Å²) in [5.74, 6) is -0.502. The zero-order valence-electron chi connectivity index (χ0n) is 25.3. The third-order valence-electron chi connectivity index (χ3n) is 9.19. The molecule has 3 aliphatic heterocycles. The van der Waals surface area contributed by atoms with Gasteiger partial charge in [0.15, 0.2) is 6.29 Å². The number of aliphatic hydroxyl groups is 1. The second-order valence-electron chi connectivity index (χ2n) is 12.3. The summed E-state index contributed by atoms with van der Waals surface area (Å²) >= 11 is 0. The number of piperidine rings is 1. The van der Waals surface area contributed by atoms with Crippen molar-refractivity contribution in [3.63, 3.8) is 0 Å². The Balaban J connectivity index is 1.08. The molecule has 3 unspecified atom stereocenters. The largest absolute Gasteiger partial charge is 0.392 e. The topological polar surface area (TPSA) is 79.3 Å². The van der Waals surface area contributed by atoms with E-state index in [2.05, 4.69) is 41.3 Å². The average molecular weight is 603 g/mol. The molecule has 0 spiro atoms. The lowest BCUT2D eigenvalue weighted by Gasteiger charge is -2.39. The summed E-state index contributed by atoms with van der Waals surface area (Å²) in [7, 11) is 0. The first-order chi connectivity index (χ1) is 22.1. The highest BCUT2D eigenvalue weighted by molar-refractivity contribution is 6.21. The van der Waals surface area contributed by atoms with Crippen LogP contribution in [0, 0.1) is 0 Å². The Bertz CT molecular complexity index is 1630. The standard InChI is InChI=1S/C38H38N2O5/c41-25-26-11-13-29(14-12-26)35-22-32(24-39-19-4-1-5-20-39)44-38(45-35)30-17-15-28(16-18-30)31-8-6-7-27(21-31)23-40-36(42)33-9-2-3-10-34(33)37(40)43/h2-3,6-18,21,32,35,38,41H,1,4-5,19-20,22-25H2. The van der Waals surface area contributed by atoms with Gasteiger partial charge in [0.05, 0.1) is 36.5 Å². The van der Waals surface area contributed by atoms with Crippen molar-refractivity contribution in [2.45, 2.75) is 57.3 Å². The summed E-state index contributed by atoms with van der Waals surface area (Å²) in [6, 6.07) is 31.2. The first kappa shape index (κ1) is 29.6. The minimum Gasteiger partial charge on any atom is -0.392 e. The number of carbonyl (C=O) groups excluding carboxylic acids is 2. The van der Waals surface area contributed by atoms with Gasteiger partial charge in [-0.1, -0.05) is 85.3 Å². The van der Waals surface area contributed by atoms with E-state index in [9.17, 15) is 14.7 Å². The van der Waals surface area contributed by atoms with Gasteiger partial charge in [-0.15, -0.1) is 0 Å². The molecule has 0 saturated carbocycles. The van der Waals surface area contributed by atoms with Gasteiger partial charge in [-0.3, -0.25) is 14.5 Å². The number of carbonyl (C=O) groups is 2. The fourth-order valence-electron chi connectivity index (χ4n) is 6.71. The number of ether oxygens (including phenoxy) is 2. The Labute approximate surface area is 264 Å². The highest BCUT2D eigenvalue weighted by atomic mass is 16.7. The van der Waals surface area contributed by atoms with Crippen LogP contribution in [-0.4, -0.2) is 52.5 Å². The fraction of sp³-hybridized carbons (Fsp3) is 0.316. The predicted octanol–water partition coefficient (Wildman–Crippen LogP) is 6.67. The maximum Gasteiger partial charge on any atom is 0.261 e. The molecule has 3 heterocycles. The van der Waals surface area contributed by atoms with Crippen molar-refractivity contribution >= 4 is 11.8 Å². The van der Waals surface area contributed by atoms with E-state index in [0.717, 1.165) is 59.4 Å². The number of hydrogen-bond acceptors (Lipinski definition) is 6. The number of fused-ring (bicyclic) bond motifs is 1. The molecule has 0 aromatic heterocycles. The molecule has 3 aliphatic rings. The number of rotatable bonds is 8. The smallest absolute Gasteiger partial charge is 0.261 e. The van der Waals surface area contributed by atoms with Gasteiger partial charge in [-0.2, -0.15) is 0 Å². The molecule has 2 amide bonds. The zero-order chi connectivity index (χ0) is 30.8. The van der Waals surface area contributed by atoms with Crippen LogP contribution in [0.1, 0.15) is 81.0 Å². The molecule has 0 aliphatic carbocycles. The first-order valence-electron chi connectivity index (χ1n) is 15.9. The molecule has 4 aromatic carbocycles. The van der Waals surface area contributed by atoms with Gasteiger partial charge >= 0.3 is 0 Å². The van der Waals surface area contributed by atoms with Crippen LogP contribution in [-0.2, 0) is 22.6 Å². The molecule has 3 atom stereocenters. The molecule has 230 valence electrons. The fourth-order valence-corrected chi connectivity index (χ4v) is 6.71. The SMILES string of the molecule is O=C1c2ccccc2C(=O)N1Cc1cccc(-c2ccc(C3OC(CN4CCCCC4)CC(c4ccc(CO)cc4)O3)cc2)c1. The van der Waals surface area contributed by atoms with E-state index in [4.69, 9.17) is 9.47 Å². The average Bonchev–Trinajstić information content (AvgIpc) is 3.33. The van der Waals surface area contributed by atoms with Crippen molar-refractivity contribution < 1.29 is 24.2 Å². The van der Waals surface area contributed by atoms with Crippen molar-refractivity contribution in [3.8, 4) is 11.1 Å². The van der Waals surface area contributed by atoms with E-state index in [1.165, 1.54) is 24.2 Å². The van der Waals surface area contributed by atoms with Crippen molar-refractivity contribution in [2.24, 2.45) is 0 Å². The molecule has 7 nitrogen and oxygen atoms in total. The van der Waals surface area contributed by atoms with Gasteiger partial charge in [-0.25, -0.2) is 0 Å². The molecule has 4 aromatic rings. The van der Waals surface area contributed by atoms with Crippen LogP contribution in [0.15, 0.2) is 97.1 Å². The number of aliphatic hydroxyl groups excluding tert-OH is 1. The lowest BCUT2D eigenvalue weighted by molar-refractivity contribution is -0.253. The number of amides is 2. The van der Waals surface area contributed by atoms with E-state index in [-0.39, 0.29) is 37.2 Å². The van der Waals surface area contributed by atoms with Crippen molar-refractivity contribution in [1.82, 2.24) is 9.80 Å². The summed E-state index contributed by atoms with van der Waals surface area (Å²) in [5.41, 5.74) is 6.78. The molecule has 2 fully saturated rings. The maximum atomic E-state index is 12.9. The Morgan fingerprint density at radius 2 is 1.38 bits per heavy atom. The summed E-state index contributed by atoms with van der Waals surface area (Å²) < 4.78 is 13.1. The van der Waals surface area contributed by atoms with Gasteiger partial charge in [-0.05, 0) is 71.9 Å². The second-order valence-corrected chi connectivity index (χ2v) is 12.3. The normalized spacial score (nSPS) is 22.1. The molecule has 1 N–H and O–H groups in total. The molecule has 0 bridgehead atoms. The predicted molar refractivity (Wildman–Crippen MR) is 171 cm³/mol. The summed E-state index contributed by atoms with van der Waals surface area (Å²) in [4.78, 5) is 29.6. The van der Waals surface area contributed by atoms with E-state index in [0.29, 0.717) is 11.1 Å². The Kier molecular flexibility index (Phi) is 8.59. The monoisotopic (exact) mass is 602 g/mol. The van der Waals surface area contributed by atoms with Crippen LogP contribution in [0.2, 0.25) is 0 Å². The van der Waals surface area contributed by atoms with Crippen LogP contribution in [0.4, 0.5) is 0 Å². The van der Waals surface area contributed by atoms with Gasteiger partial charge in [0.25, 0.3) is 11.8 Å². The lowest BCUT2D eigenvalue weighted by atomic mass is 9.98. The third-order valence-corrected chi connectivity index (χ3v) is 9.19. The quantitative estimate of drug-likeness (QED) is 0.227. The summed E-state index contributed by atoms with van der Waals surface area (Å²) in [6.45, 7) is 3.36. The second kappa shape index (κ2) is 13.1. The number of likely N-dealkylation sites (tertiary alicyclic amines) is 1. The minimum absolute atomic E-state index is 0.0210. The highest BCUT2D eigenvalue weighted by Crippen LogP contribution is 2.39. The molecule has 45 heavy (non-hydrogen) atoms. The van der Waals surface area contributed by atoms with E-state index in [1.54, 1.807) is 24.3 Å². The van der Waals surface area contributed by atoms with Crippen LogP contribution in [0.3, 0.4) is 0 Å². The third kappa shape index (κ3) is 6.35. The summed E-state index contributed by atoms with van der Waals surface area (Å²) in [5, 5.41) is 9.51. The lowest BCUT2D eigenvalue weighted by Crippen LogP contribution is -2.41. The van der Waals surface area contributed by atoms with E-state index >= 15 is 0 Å². The number of benzene rings is 4. The highest BCUT2D eigenvalue weighted by Gasteiger charge is 2.35. The molecule has 7 rings (SSSR count). The summed E-state index contributed by atoms with van der Waals surface area (Å²) in [6.07, 6.45) is 3.99. The molecule has 0 radical (unpaired) electrons. The van der Waals surface area contributed by atoms with Gasteiger partial charge in [0.1, 0.15) is 0 Å². The number of hydrogen-bond donors (Lipinski definition) is 1. The number of nitrogens with zero attached hydrogens (tertiary/aromatic N) is 2. The maximum absolute atomic E-state index is 12.9.